The Balaban J connectivity index is 1.48. The number of H-pyrrole nitrogens is 1. The first-order valence-electron chi connectivity index (χ1n) is 10.9. The molecule has 0 saturated heterocycles. The number of amides is 2. The van der Waals surface area contributed by atoms with Gasteiger partial charge in [-0.15, -0.1) is 0 Å². The number of anilines is 1. The van der Waals surface area contributed by atoms with Crippen molar-refractivity contribution in [1.82, 2.24) is 15.4 Å². The van der Waals surface area contributed by atoms with Crippen molar-refractivity contribution in [3.63, 3.8) is 0 Å². The molecule has 3 N–H and O–H groups in total. The maximum atomic E-state index is 13.3. The molecule has 1 atom stereocenters. The Kier molecular flexibility index (Phi) is 5.11. The molecule has 7 heteroatoms. The fourth-order valence-corrected chi connectivity index (χ4v) is 4.99. The van der Waals surface area contributed by atoms with E-state index in [9.17, 15) is 9.59 Å². The molecule has 2 aliphatic heterocycles. The summed E-state index contributed by atoms with van der Waals surface area (Å²) in [5.74, 6) is -0.268. The molecule has 160 valence electrons. The number of nitrogens with zero attached hydrogens (tertiary/aromatic N) is 2. The van der Waals surface area contributed by atoms with Crippen LogP contribution in [0.2, 0.25) is 0 Å². The largest absolute Gasteiger partial charge is 0.355 e. The van der Waals surface area contributed by atoms with Gasteiger partial charge in [0.1, 0.15) is 6.17 Å². The van der Waals surface area contributed by atoms with E-state index in [4.69, 9.17) is 5.21 Å². The number of para-hydroxylation sites is 2. The summed E-state index contributed by atoms with van der Waals surface area (Å²) in [6, 6.07) is 16.2. The van der Waals surface area contributed by atoms with Gasteiger partial charge < -0.3 is 14.8 Å². The van der Waals surface area contributed by atoms with Crippen molar-refractivity contribution in [2.45, 2.75) is 38.3 Å². The summed E-state index contributed by atoms with van der Waals surface area (Å²) in [6.45, 7) is 1.47. The highest BCUT2D eigenvalue weighted by Crippen LogP contribution is 2.43. The normalized spacial score (nSPS) is 17.3. The molecule has 1 unspecified atom stereocenters. The second-order valence-electron chi connectivity index (χ2n) is 8.24. The summed E-state index contributed by atoms with van der Waals surface area (Å²) in [5.41, 5.74) is 6.91. The van der Waals surface area contributed by atoms with Crippen LogP contribution < -0.4 is 10.4 Å². The Labute approximate surface area is 180 Å². The van der Waals surface area contributed by atoms with Crippen molar-refractivity contribution in [3.05, 3.63) is 65.4 Å². The Morgan fingerprint density at radius 3 is 2.77 bits per heavy atom. The van der Waals surface area contributed by atoms with Crippen molar-refractivity contribution in [2.24, 2.45) is 0 Å². The number of carbonyl (C=O) groups excluding carboxylic acids is 2. The monoisotopic (exact) mass is 418 g/mol. The lowest BCUT2D eigenvalue weighted by atomic mass is 9.95. The summed E-state index contributed by atoms with van der Waals surface area (Å²) in [6.07, 6.45) is 3.47. The van der Waals surface area contributed by atoms with Gasteiger partial charge in [0.25, 0.3) is 5.91 Å². The third kappa shape index (κ3) is 3.35. The van der Waals surface area contributed by atoms with Crippen LogP contribution in [0.4, 0.5) is 5.69 Å². The lowest BCUT2D eigenvalue weighted by Crippen LogP contribution is -2.52. The van der Waals surface area contributed by atoms with Crippen LogP contribution >= 0.6 is 0 Å². The maximum Gasteiger partial charge on any atom is 0.257 e. The first kappa shape index (κ1) is 19.6. The zero-order chi connectivity index (χ0) is 21.4. The highest BCUT2D eigenvalue weighted by molar-refractivity contribution is 6.02. The zero-order valence-electron chi connectivity index (χ0n) is 17.3. The molecule has 31 heavy (non-hydrogen) atoms. The number of hydrogen-bond acceptors (Lipinski definition) is 4. The molecule has 3 aromatic rings. The van der Waals surface area contributed by atoms with E-state index in [1.807, 2.05) is 35.2 Å². The number of hydroxylamine groups is 1. The molecule has 0 bridgehead atoms. The van der Waals surface area contributed by atoms with Gasteiger partial charge in [0, 0.05) is 30.4 Å². The third-order valence-corrected chi connectivity index (χ3v) is 6.43. The topological polar surface area (TPSA) is 88.7 Å². The standard InChI is InChI=1S/C24H26N4O3/c29-21(26-31)12-2-1-7-14-27-20-11-6-4-9-18(20)24(30)28-15-13-17-16-8-3-5-10-19(16)25-22(17)23(27)28/h3-6,8-11,23,25,31H,1-2,7,12-15H2,(H,26,29). The predicted octanol–water partition coefficient (Wildman–Crippen LogP) is 3.75. The smallest absolute Gasteiger partial charge is 0.257 e. The Hall–Kier alpha value is -3.32. The number of nitrogens with one attached hydrogen (secondary N) is 2. The number of fused-ring (bicyclic) bond motifs is 6. The number of rotatable bonds is 6. The van der Waals surface area contributed by atoms with Crippen molar-refractivity contribution < 1.29 is 14.8 Å². The fraction of sp³-hybridized carbons (Fsp3) is 0.333. The summed E-state index contributed by atoms with van der Waals surface area (Å²) in [7, 11) is 0. The average molecular weight is 418 g/mol. The van der Waals surface area contributed by atoms with Crippen LogP contribution in [0.15, 0.2) is 48.5 Å². The Morgan fingerprint density at radius 1 is 1.10 bits per heavy atom. The number of aromatic nitrogens is 1. The van der Waals surface area contributed by atoms with Gasteiger partial charge in [-0.1, -0.05) is 36.8 Å². The van der Waals surface area contributed by atoms with Crippen LogP contribution in [-0.4, -0.2) is 40.0 Å². The molecule has 2 aromatic carbocycles. The first-order valence-corrected chi connectivity index (χ1v) is 10.9. The minimum absolute atomic E-state index is 0.0840. The molecule has 1 aromatic heterocycles. The molecular weight excluding hydrogens is 392 g/mol. The summed E-state index contributed by atoms with van der Waals surface area (Å²) in [4.78, 5) is 32.5. The van der Waals surface area contributed by atoms with Crippen LogP contribution in [-0.2, 0) is 11.2 Å². The highest BCUT2D eigenvalue weighted by Gasteiger charge is 2.42. The SMILES string of the molecule is O=C(CCCCCN1c2ccccc2C(=O)N2CCc3c([nH]c4ccccc34)C21)NO. The van der Waals surface area contributed by atoms with E-state index in [0.717, 1.165) is 48.3 Å². The lowest BCUT2D eigenvalue weighted by Gasteiger charge is -2.47. The summed E-state index contributed by atoms with van der Waals surface area (Å²) in [5, 5.41) is 9.90. The van der Waals surface area contributed by atoms with Crippen LogP contribution in [0.1, 0.15) is 53.5 Å². The van der Waals surface area contributed by atoms with Crippen LogP contribution in [0.25, 0.3) is 10.9 Å². The second kappa shape index (κ2) is 8.07. The average Bonchev–Trinajstić information content (AvgIpc) is 3.19. The van der Waals surface area contributed by atoms with E-state index in [0.29, 0.717) is 19.4 Å². The number of benzene rings is 2. The molecule has 2 amide bonds. The minimum Gasteiger partial charge on any atom is -0.355 e. The minimum atomic E-state index is -0.352. The lowest BCUT2D eigenvalue weighted by molar-refractivity contribution is -0.129. The zero-order valence-corrected chi connectivity index (χ0v) is 17.3. The molecule has 0 saturated carbocycles. The molecule has 0 spiro atoms. The second-order valence-corrected chi connectivity index (χ2v) is 8.24. The highest BCUT2D eigenvalue weighted by atomic mass is 16.5. The number of aromatic amines is 1. The van der Waals surface area contributed by atoms with Gasteiger partial charge in [0.2, 0.25) is 5.91 Å². The molecule has 7 nitrogen and oxygen atoms in total. The Bertz CT molecular complexity index is 1140. The molecule has 0 radical (unpaired) electrons. The van der Waals surface area contributed by atoms with Crippen molar-refractivity contribution in [1.29, 1.82) is 0 Å². The molecule has 0 fully saturated rings. The summed E-state index contributed by atoms with van der Waals surface area (Å²) < 4.78 is 0. The molecule has 2 aliphatic rings. The van der Waals surface area contributed by atoms with Gasteiger partial charge in [-0.05, 0) is 43.0 Å². The van der Waals surface area contributed by atoms with E-state index in [1.165, 1.54) is 10.9 Å². The predicted molar refractivity (Wildman–Crippen MR) is 118 cm³/mol. The Morgan fingerprint density at radius 2 is 1.90 bits per heavy atom. The number of hydrogen-bond donors (Lipinski definition) is 3. The van der Waals surface area contributed by atoms with Crippen LogP contribution in [0, 0.1) is 0 Å². The quantitative estimate of drug-likeness (QED) is 0.323. The van der Waals surface area contributed by atoms with Crippen molar-refractivity contribution in [3.8, 4) is 0 Å². The van der Waals surface area contributed by atoms with E-state index >= 15 is 0 Å². The first-order chi connectivity index (χ1) is 15.2. The maximum absolute atomic E-state index is 13.3. The molecular formula is C24H26N4O3. The van der Waals surface area contributed by atoms with Gasteiger partial charge in [0.15, 0.2) is 0 Å². The van der Waals surface area contributed by atoms with Crippen molar-refractivity contribution >= 4 is 28.4 Å². The van der Waals surface area contributed by atoms with E-state index in [1.54, 1.807) is 5.48 Å². The molecule has 3 heterocycles. The van der Waals surface area contributed by atoms with Crippen LogP contribution in [0.3, 0.4) is 0 Å². The number of carbonyl (C=O) groups is 2. The van der Waals surface area contributed by atoms with Crippen LogP contribution in [0.5, 0.6) is 0 Å². The fourth-order valence-electron chi connectivity index (χ4n) is 4.99. The van der Waals surface area contributed by atoms with Crippen molar-refractivity contribution in [2.75, 3.05) is 18.0 Å². The van der Waals surface area contributed by atoms with E-state index in [-0.39, 0.29) is 18.0 Å². The van der Waals surface area contributed by atoms with E-state index < -0.39 is 0 Å². The van der Waals surface area contributed by atoms with Gasteiger partial charge in [-0.3, -0.25) is 14.8 Å². The third-order valence-electron chi connectivity index (χ3n) is 6.43. The molecule has 0 aliphatic carbocycles. The summed E-state index contributed by atoms with van der Waals surface area (Å²) >= 11 is 0. The van der Waals surface area contributed by atoms with Gasteiger partial charge in [-0.25, -0.2) is 5.48 Å². The van der Waals surface area contributed by atoms with Gasteiger partial charge in [0.05, 0.1) is 16.9 Å². The molecule has 5 rings (SSSR count). The van der Waals surface area contributed by atoms with E-state index in [2.05, 4.69) is 28.1 Å². The van der Waals surface area contributed by atoms with Gasteiger partial charge in [-0.2, -0.15) is 0 Å². The number of unbranched alkanes of at least 4 members (excludes halogenated alkanes) is 2. The van der Waals surface area contributed by atoms with Gasteiger partial charge >= 0.3 is 0 Å².